The van der Waals surface area contributed by atoms with Gasteiger partial charge in [0.2, 0.25) is 0 Å². The molecule has 0 N–H and O–H groups in total. The Labute approximate surface area is 306 Å². The molecule has 3 atom stereocenters. The predicted molar refractivity (Wildman–Crippen MR) is 204 cm³/mol. The number of hydrogen-bond acceptors (Lipinski definition) is 5. The summed E-state index contributed by atoms with van der Waals surface area (Å²) in [6, 6.07) is 59.8. The van der Waals surface area contributed by atoms with Crippen LogP contribution < -0.4 is 0 Å². The van der Waals surface area contributed by atoms with Crippen molar-refractivity contribution in [1.82, 2.24) is 0 Å². The summed E-state index contributed by atoms with van der Waals surface area (Å²) in [6.45, 7) is 1.14. The predicted octanol–water partition coefficient (Wildman–Crippen LogP) is 10.1. The highest BCUT2D eigenvalue weighted by Crippen LogP contribution is 2.41. The van der Waals surface area contributed by atoms with Crippen LogP contribution in [0, 0.1) is 0 Å². The van der Waals surface area contributed by atoms with Crippen LogP contribution >= 0.6 is 0 Å². The maximum Gasteiger partial charge on any atom is 0.143 e. The second-order valence-electron chi connectivity index (χ2n) is 12.5. The van der Waals surface area contributed by atoms with Gasteiger partial charge in [-0.3, -0.25) is 0 Å². The number of benzene rings is 6. The molecule has 0 amide bonds. The first-order valence-corrected chi connectivity index (χ1v) is 17.5. The standard InChI is InChI=1S/C45H43N3O4/c46-48-47-42(34-49-31-36-19-7-1-8-20-36)44(51-33-38-23-11-3-12-24-38)43(50-32-37-21-9-2-10-22-37)35-52-45(39-25-13-4-14-26-39,40-27-15-5-16-28-40)41-29-17-6-18-30-41/h1-30,42-44H,31-35H2/t42-,43-,44-/m0/s1. The number of azide groups is 1. The molecule has 0 saturated heterocycles. The second kappa shape index (κ2) is 19.2. The van der Waals surface area contributed by atoms with Crippen molar-refractivity contribution in [3.8, 4) is 0 Å². The highest BCUT2D eigenvalue weighted by molar-refractivity contribution is 5.47. The van der Waals surface area contributed by atoms with E-state index >= 15 is 0 Å². The Morgan fingerprint density at radius 3 is 1.29 bits per heavy atom. The Morgan fingerprint density at radius 2 is 0.865 bits per heavy atom. The fraction of sp³-hybridized carbons (Fsp3) is 0.200. The van der Waals surface area contributed by atoms with E-state index in [9.17, 15) is 5.53 Å². The van der Waals surface area contributed by atoms with Crippen LogP contribution in [0.1, 0.15) is 33.4 Å². The lowest BCUT2D eigenvalue weighted by atomic mass is 9.80. The molecule has 0 spiro atoms. The monoisotopic (exact) mass is 689 g/mol. The third-order valence-electron chi connectivity index (χ3n) is 8.94. The van der Waals surface area contributed by atoms with Gasteiger partial charge < -0.3 is 18.9 Å². The van der Waals surface area contributed by atoms with E-state index in [1.54, 1.807) is 0 Å². The third kappa shape index (κ3) is 9.62. The number of hydrogen-bond donors (Lipinski definition) is 0. The lowest BCUT2D eigenvalue weighted by molar-refractivity contribution is -0.144. The molecule has 0 heterocycles. The molecular weight excluding hydrogens is 647 g/mol. The maximum atomic E-state index is 9.86. The van der Waals surface area contributed by atoms with Crippen LogP contribution in [0.4, 0.5) is 0 Å². The minimum atomic E-state index is -1.00. The Morgan fingerprint density at radius 1 is 0.481 bits per heavy atom. The molecule has 6 rings (SSSR count). The van der Waals surface area contributed by atoms with Gasteiger partial charge in [0.25, 0.3) is 0 Å². The molecule has 0 bridgehead atoms. The average Bonchev–Trinajstić information content (AvgIpc) is 3.22. The summed E-state index contributed by atoms with van der Waals surface area (Å²) in [5.74, 6) is 0. The van der Waals surface area contributed by atoms with Gasteiger partial charge in [0.05, 0.1) is 45.2 Å². The van der Waals surface area contributed by atoms with Crippen molar-refractivity contribution in [2.75, 3.05) is 13.2 Å². The fourth-order valence-electron chi connectivity index (χ4n) is 6.36. The molecule has 262 valence electrons. The molecule has 0 radical (unpaired) electrons. The van der Waals surface area contributed by atoms with Gasteiger partial charge in [-0.25, -0.2) is 0 Å². The van der Waals surface area contributed by atoms with Gasteiger partial charge in [-0.1, -0.05) is 187 Å². The van der Waals surface area contributed by atoms with Crippen molar-refractivity contribution in [2.24, 2.45) is 5.11 Å². The van der Waals surface area contributed by atoms with Crippen molar-refractivity contribution < 1.29 is 18.9 Å². The van der Waals surface area contributed by atoms with Crippen LogP contribution in [0.15, 0.2) is 187 Å². The Bertz CT molecular complexity index is 1830. The molecule has 0 aliphatic rings. The summed E-state index contributed by atoms with van der Waals surface area (Å²) in [6.07, 6.45) is -1.43. The number of ether oxygens (including phenoxy) is 4. The molecule has 0 aliphatic carbocycles. The van der Waals surface area contributed by atoms with E-state index < -0.39 is 23.9 Å². The van der Waals surface area contributed by atoms with E-state index in [1.807, 2.05) is 146 Å². The van der Waals surface area contributed by atoms with Gasteiger partial charge in [0, 0.05) is 4.91 Å². The second-order valence-corrected chi connectivity index (χ2v) is 12.5. The topological polar surface area (TPSA) is 85.7 Å². The largest absolute Gasteiger partial charge is 0.376 e. The average molecular weight is 690 g/mol. The van der Waals surface area contributed by atoms with Crippen LogP contribution in [0.5, 0.6) is 0 Å². The van der Waals surface area contributed by atoms with Crippen LogP contribution in [-0.2, 0) is 44.4 Å². The first kappa shape index (κ1) is 36.3. The molecule has 0 fully saturated rings. The Balaban J connectivity index is 1.39. The van der Waals surface area contributed by atoms with Gasteiger partial charge >= 0.3 is 0 Å². The van der Waals surface area contributed by atoms with E-state index in [2.05, 4.69) is 46.4 Å². The molecule has 0 saturated carbocycles. The summed E-state index contributed by atoms with van der Waals surface area (Å²) in [5, 5.41) is 4.26. The van der Waals surface area contributed by atoms with E-state index in [-0.39, 0.29) is 19.8 Å². The highest BCUT2D eigenvalue weighted by Gasteiger charge is 2.40. The first-order chi connectivity index (χ1) is 25.8. The molecule has 7 nitrogen and oxygen atoms in total. The van der Waals surface area contributed by atoms with Gasteiger partial charge in [0.1, 0.15) is 11.7 Å². The molecule has 0 aliphatic heterocycles. The molecule has 6 aromatic rings. The minimum absolute atomic E-state index is 0.0983. The van der Waals surface area contributed by atoms with Crippen LogP contribution in [0.2, 0.25) is 0 Å². The van der Waals surface area contributed by atoms with E-state index in [4.69, 9.17) is 18.9 Å². The van der Waals surface area contributed by atoms with Crippen molar-refractivity contribution in [3.63, 3.8) is 0 Å². The zero-order valence-corrected chi connectivity index (χ0v) is 29.1. The van der Waals surface area contributed by atoms with Gasteiger partial charge in [-0.2, -0.15) is 0 Å². The van der Waals surface area contributed by atoms with Crippen LogP contribution in [0.3, 0.4) is 0 Å². The first-order valence-electron chi connectivity index (χ1n) is 17.5. The summed E-state index contributed by atoms with van der Waals surface area (Å²) in [4.78, 5) is 3.26. The summed E-state index contributed by atoms with van der Waals surface area (Å²) in [7, 11) is 0. The minimum Gasteiger partial charge on any atom is -0.376 e. The van der Waals surface area contributed by atoms with E-state index in [0.717, 1.165) is 33.4 Å². The van der Waals surface area contributed by atoms with Crippen molar-refractivity contribution >= 4 is 0 Å². The number of nitrogens with zero attached hydrogens (tertiary/aromatic N) is 3. The molecule has 7 heteroatoms. The lowest BCUT2D eigenvalue weighted by Gasteiger charge is -2.39. The molecule has 0 unspecified atom stereocenters. The highest BCUT2D eigenvalue weighted by atomic mass is 16.6. The van der Waals surface area contributed by atoms with Crippen LogP contribution in [-0.4, -0.2) is 31.5 Å². The number of rotatable bonds is 19. The van der Waals surface area contributed by atoms with Crippen molar-refractivity contribution in [2.45, 2.75) is 43.7 Å². The molecule has 0 aromatic heterocycles. The smallest absolute Gasteiger partial charge is 0.143 e. The van der Waals surface area contributed by atoms with Gasteiger partial charge in [-0.15, -0.1) is 0 Å². The normalized spacial score (nSPS) is 13.1. The SMILES string of the molecule is [N-]=[N+]=N[C@@H](COCc1ccccc1)[C@H](OCc1ccccc1)[C@H](COC(c1ccccc1)(c1ccccc1)c1ccccc1)OCc1ccccc1. The maximum absolute atomic E-state index is 9.86. The van der Waals surface area contributed by atoms with Crippen LogP contribution in [0.25, 0.3) is 10.4 Å². The zero-order valence-electron chi connectivity index (χ0n) is 29.1. The molecule has 6 aromatic carbocycles. The van der Waals surface area contributed by atoms with E-state index in [0.29, 0.717) is 13.2 Å². The van der Waals surface area contributed by atoms with E-state index in [1.165, 1.54) is 0 Å². The van der Waals surface area contributed by atoms with Gasteiger partial charge in [-0.05, 0) is 38.9 Å². The third-order valence-corrected chi connectivity index (χ3v) is 8.94. The molecule has 52 heavy (non-hydrogen) atoms. The van der Waals surface area contributed by atoms with Crippen molar-refractivity contribution in [3.05, 3.63) is 226 Å². The fourth-order valence-corrected chi connectivity index (χ4v) is 6.36. The van der Waals surface area contributed by atoms with Gasteiger partial charge in [0.15, 0.2) is 0 Å². The van der Waals surface area contributed by atoms with Crippen molar-refractivity contribution in [1.29, 1.82) is 0 Å². The summed E-state index contributed by atoms with van der Waals surface area (Å²) >= 11 is 0. The Hall–Kier alpha value is -5.53. The zero-order chi connectivity index (χ0) is 35.7. The lowest BCUT2D eigenvalue weighted by Crippen LogP contribution is -2.47. The molecular formula is C45H43N3O4. The summed E-state index contributed by atoms with van der Waals surface area (Å²) in [5.41, 5.74) is 14.7. The quantitative estimate of drug-likeness (QED) is 0.0367. The Kier molecular flexibility index (Phi) is 13.4. The summed E-state index contributed by atoms with van der Waals surface area (Å²) < 4.78 is 27.0.